The van der Waals surface area contributed by atoms with Crippen LogP contribution in [0.1, 0.15) is 12.5 Å². The van der Waals surface area contributed by atoms with E-state index < -0.39 is 16.6 Å². The van der Waals surface area contributed by atoms with Gasteiger partial charge in [-0.1, -0.05) is 19.1 Å². The quantitative estimate of drug-likeness (QED) is 0.554. The van der Waals surface area contributed by atoms with E-state index in [9.17, 15) is 23.7 Å². The lowest BCUT2D eigenvalue weighted by molar-refractivity contribution is -0.385. The molecule has 1 aromatic heterocycles. The lowest BCUT2D eigenvalue weighted by Gasteiger charge is -2.36. The van der Waals surface area contributed by atoms with Gasteiger partial charge < -0.3 is 4.90 Å². The van der Waals surface area contributed by atoms with Crippen LogP contribution in [0.4, 0.5) is 14.5 Å². The first-order valence-corrected chi connectivity index (χ1v) is 8.96. The van der Waals surface area contributed by atoms with Crippen molar-refractivity contribution in [1.82, 2.24) is 19.6 Å². The first-order valence-electron chi connectivity index (χ1n) is 8.96. The Kier molecular flexibility index (Phi) is 5.98. The summed E-state index contributed by atoms with van der Waals surface area (Å²) in [5.41, 5.74) is 0.186. The van der Waals surface area contributed by atoms with Crippen LogP contribution in [0, 0.1) is 27.7 Å². The maximum absolute atomic E-state index is 13.8. The van der Waals surface area contributed by atoms with E-state index in [0.717, 1.165) is 12.3 Å². The van der Waals surface area contributed by atoms with E-state index in [2.05, 4.69) is 5.10 Å². The highest BCUT2D eigenvalue weighted by Gasteiger charge is 2.26. The second-order valence-corrected chi connectivity index (χ2v) is 6.89. The van der Waals surface area contributed by atoms with Crippen LogP contribution in [-0.4, -0.2) is 56.6 Å². The van der Waals surface area contributed by atoms with E-state index in [4.69, 9.17) is 0 Å². The Hall–Kier alpha value is -2.88. The Morgan fingerprint density at radius 3 is 2.64 bits per heavy atom. The van der Waals surface area contributed by atoms with Gasteiger partial charge >= 0.3 is 5.69 Å². The van der Waals surface area contributed by atoms with E-state index in [-0.39, 0.29) is 30.6 Å². The van der Waals surface area contributed by atoms with Crippen molar-refractivity contribution in [3.8, 4) is 0 Å². The summed E-state index contributed by atoms with van der Waals surface area (Å²) in [6.45, 7) is 4.38. The van der Waals surface area contributed by atoms with Crippen molar-refractivity contribution in [1.29, 1.82) is 0 Å². The third-order valence-electron chi connectivity index (χ3n) is 4.82. The molecule has 1 unspecified atom stereocenters. The number of benzene rings is 1. The van der Waals surface area contributed by atoms with E-state index >= 15 is 0 Å². The molecule has 1 atom stereocenters. The summed E-state index contributed by atoms with van der Waals surface area (Å²) in [5, 5.41) is 14.6. The van der Waals surface area contributed by atoms with Gasteiger partial charge in [0, 0.05) is 38.3 Å². The molecule has 2 aromatic rings. The van der Waals surface area contributed by atoms with Gasteiger partial charge in [-0.15, -0.1) is 0 Å². The van der Waals surface area contributed by atoms with Crippen molar-refractivity contribution in [2.45, 2.75) is 20.0 Å². The van der Waals surface area contributed by atoms with Crippen LogP contribution >= 0.6 is 0 Å². The molecule has 0 spiro atoms. The normalized spacial score (nSPS) is 16.2. The zero-order valence-electron chi connectivity index (χ0n) is 15.4. The minimum absolute atomic E-state index is 0.0604. The van der Waals surface area contributed by atoms with Crippen molar-refractivity contribution in [3.05, 3.63) is 57.9 Å². The average Bonchev–Trinajstić information content (AvgIpc) is 3.14. The number of nitrogens with zero attached hydrogens (tertiary/aromatic N) is 5. The highest BCUT2D eigenvalue weighted by Crippen LogP contribution is 2.16. The molecule has 1 aliphatic heterocycles. The number of carbonyl (C=O) groups excluding carboxylic acids is 1. The van der Waals surface area contributed by atoms with Crippen molar-refractivity contribution in [3.63, 3.8) is 0 Å². The average molecular weight is 393 g/mol. The SMILES string of the molecule is CC(Cn1cc([N+](=O)[O-])cn1)C(=O)N1CCN(Cc2cccc(F)c2F)CC1. The lowest BCUT2D eigenvalue weighted by atomic mass is 10.1. The second kappa shape index (κ2) is 8.42. The highest BCUT2D eigenvalue weighted by molar-refractivity contribution is 5.78. The predicted octanol–water partition coefficient (Wildman–Crippen LogP) is 2.05. The van der Waals surface area contributed by atoms with Crippen LogP contribution < -0.4 is 0 Å². The molecular formula is C18H21F2N5O3. The molecule has 28 heavy (non-hydrogen) atoms. The van der Waals surface area contributed by atoms with Gasteiger partial charge in [0.25, 0.3) is 0 Å². The molecule has 0 aliphatic carbocycles. The van der Waals surface area contributed by atoms with Crippen molar-refractivity contribution in [2.24, 2.45) is 5.92 Å². The maximum Gasteiger partial charge on any atom is 0.306 e. The Bertz CT molecular complexity index is 865. The molecule has 0 N–H and O–H groups in total. The molecule has 8 nitrogen and oxygen atoms in total. The van der Waals surface area contributed by atoms with Crippen LogP contribution in [0.25, 0.3) is 0 Å². The number of carbonyl (C=O) groups is 1. The molecule has 1 saturated heterocycles. The molecule has 1 aromatic carbocycles. The van der Waals surface area contributed by atoms with Crippen LogP contribution in [-0.2, 0) is 17.9 Å². The van der Waals surface area contributed by atoms with Crippen molar-refractivity contribution in [2.75, 3.05) is 26.2 Å². The first-order chi connectivity index (χ1) is 13.3. The third-order valence-corrected chi connectivity index (χ3v) is 4.82. The van der Waals surface area contributed by atoms with E-state index in [1.165, 1.54) is 16.9 Å². The summed E-state index contributed by atoms with van der Waals surface area (Å²) in [6.07, 6.45) is 2.46. The summed E-state index contributed by atoms with van der Waals surface area (Å²) < 4.78 is 28.5. The number of halogens is 2. The fourth-order valence-corrected chi connectivity index (χ4v) is 3.25. The number of hydrogen-bond acceptors (Lipinski definition) is 5. The zero-order chi connectivity index (χ0) is 20.3. The van der Waals surface area contributed by atoms with Gasteiger partial charge in [-0.3, -0.25) is 24.5 Å². The second-order valence-electron chi connectivity index (χ2n) is 6.89. The summed E-state index contributed by atoms with van der Waals surface area (Å²) in [7, 11) is 0. The van der Waals surface area contributed by atoms with Gasteiger partial charge in [0.05, 0.1) is 17.4 Å². The fourth-order valence-electron chi connectivity index (χ4n) is 3.25. The Morgan fingerprint density at radius 2 is 2.00 bits per heavy atom. The molecular weight excluding hydrogens is 372 g/mol. The molecule has 1 aliphatic rings. The van der Waals surface area contributed by atoms with Gasteiger partial charge in [0.1, 0.15) is 12.4 Å². The number of piperazine rings is 1. The largest absolute Gasteiger partial charge is 0.340 e. The topological polar surface area (TPSA) is 84.5 Å². The molecule has 0 saturated carbocycles. The van der Waals surface area contributed by atoms with Gasteiger partial charge in [-0.2, -0.15) is 5.10 Å². The van der Waals surface area contributed by atoms with Crippen LogP contribution in [0.5, 0.6) is 0 Å². The summed E-state index contributed by atoms with van der Waals surface area (Å²) in [4.78, 5) is 26.5. The Labute approximate surface area is 160 Å². The van der Waals surface area contributed by atoms with Crippen molar-refractivity contribution < 1.29 is 18.5 Å². The fraction of sp³-hybridized carbons (Fsp3) is 0.444. The zero-order valence-corrected chi connectivity index (χ0v) is 15.4. The Morgan fingerprint density at radius 1 is 1.29 bits per heavy atom. The molecule has 0 radical (unpaired) electrons. The molecule has 2 heterocycles. The molecule has 1 amide bonds. The Balaban J connectivity index is 1.51. The highest BCUT2D eigenvalue weighted by atomic mass is 19.2. The number of rotatable bonds is 6. The standard InChI is InChI=1S/C18H21F2N5O3/c1-13(10-24-12-15(9-21-24)25(27)28)18(26)23-7-5-22(6-8-23)11-14-3-2-4-16(19)17(14)20/h2-4,9,12-13H,5-8,10-11H2,1H3. The van der Waals surface area contributed by atoms with Crippen LogP contribution in [0.3, 0.4) is 0 Å². The minimum Gasteiger partial charge on any atom is -0.340 e. The molecule has 3 rings (SSSR count). The number of aromatic nitrogens is 2. The van der Waals surface area contributed by atoms with Gasteiger partial charge in [0.2, 0.25) is 5.91 Å². The van der Waals surface area contributed by atoms with Gasteiger partial charge in [-0.25, -0.2) is 8.78 Å². The lowest BCUT2D eigenvalue weighted by Crippen LogP contribution is -2.50. The van der Waals surface area contributed by atoms with Gasteiger partial charge in [0.15, 0.2) is 11.6 Å². The summed E-state index contributed by atoms with van der Waals surface area (Å²) in [5.74, 6) is -2.14. The molecule has 1 fully saturated rings. The van der Waals surface area contributed by atoms with E-state index in [1.54, 1.807) is 17.9 Å². The van der Waals surface area contributed by atoms with Crippen molar-refractivity contribution >= 4 is 11.6 Å². The number of nitro groups is 1. The number of amides is 1. The minimum atomic E-state index is -0.862. The smallest absolute Gasteiger partial charge is 0.306 e. The third kappa shape index (κ3) is 4.50. The maximum atomic E-state index is 13.8. The van der Waals surface area contributed by atoms with Gasteiger partial charge in [-0.05, 0) is 6.07 Å². The first kappa shape index (κ1) is 19.9. The van der Waals surface area contributed by atoms with E-state index in [1.807, 2.05) is 4.90 Å². The molecule has 150 valence electrons. The summed E-state index contributed by atoms with van der Waals surface area (Å²) >= 11 is 0. The predicted molar refractivity (Wildman–Crippen MR) is 96.3 cm³/mol. The number of hydrogen-bond donors (Lipinski definition) is 0. The summed E-state index contributed by atoms with van der Waals surface area (Å²) in [6, 6.07) is 4.13. The van der Waals surface area contributed by atoms with Crippen LogP contribution in [0.2, 0.25) is 0 Å². The molecule has 10 heteroatoms. The van der Waals surface area contributed by atoms with E-state index in [0.29, 0.717) is 31.7 Å². The van der Waals surface area contributed by atoms with Crippen LogP contribution in [0.15, 0.2) is 30.6 Å². The monoisotopic (exact) mass is 393 g/mol. The molecule has 0 bridgehead atoms.